The fourth-order valence-corrected chi connectivity index (χ4v) is 6.27. The number of nitrogens with one attached hydrogen (secondary N) is 1. The molecule has 0 saturated carbocycles. The van der Waals surface area contributed by atoms with Gasteiger partial charge in [-0.1, -0.05) is 167 Å². The van der Waals surface area contributed by atoms with Crippen LogP contribution < -0.4 is 5.32 Å². The molecule has 0 spiro atoms. The molecule has 0 bridgehead atoms. The Labute approximate surface area is 298 Å². The van der Waals surface area contributed by atoms with Crippen molar-refractivity contribution in [3.63, 3.8) is 0 Å². The van der Waals surface area contributed by atoms with Gasteiger partial charge in [-0.25, -0.2) is 0 Å². The van der Waals surface area contributed by atoms with Crippen LogP contribution in [0.5, 0.6) is 0 Å². The predicted molar refractivity (Wildman–Crippen MR) is 198 cm³/mol. The summed E-state index contributed by atoms with van der Waals surface area (Å²) < 4.78 is 11.1. The van der Waals surface area contributed by atoms with Gasteiger partial charge >= 0.3 is 0 Å². The molecule has 0 aliphatic carbocycles. The molecule has 1 aliphatic rings. The van der Waals surface area contributed by atoms with Crippen molar-refractivity contribution in [1.82, 2.24) is 5.32 Å². The molecule has 0 aromatic rings. The summed E-state index contributed by atoms with van der Waals surface area (Å²) >= 11 is 0. The normalized spacial score (nSPS) is 22.6. The topological polar surface area (TPSA) is 149 Å². The Hall–Kier alpha value is -1.33. The summed E-state index contributed by atoms with van der Waals surface area (Å²) in [5.74, 6) is -0.196. The maximum Gasteiger partial charge on any atom is 0.220 e. The molecule has 1 fully saturated rings. The van der Waals surface area contributed by atoms with Gasteiger partial charge in [-0.15, -0.1) is 0 Å². The molecule has 1 aliphatic heterocycles. The Balaban J connectivity index is 2.38. The third kappa shape index (κ3) is 23.0. The number of ether oxygens (including phenoxy) is 2. The van der Waals surface area contributed by atoms with E-state index in [0.717, 1.165) is 32.1 Å². The number of carbonyl (C=O) groups excluding carboxylic acids is 1. The Morgan fingerprint density at radius 3 is 1.69 bits per heavy atom. The molecule has 0 radical (unpaired) electrons. The van der Waals surface area contributed by atoms with Gasteiger partial charge in [0.25, 0.3) is 0 Å². The minimum Gasteiger partial charge on any atom is -0.394 e. The lowest BCUT2D eigenvalue weighted by molar-refractivity contribution is -0.302. The van der Waals surface area contributed by atoms with Crippen LogP contribution >= 0.6 is 0 Å². The van der Waals surface area contributed by atoms with Crippen molar-refractivity contribution >= 4 is 5.91 Å². The molecule has 0 aromatic carbocycles. The van der Waals surface area contributed by atoms with E-state index in [1.54, 1.807) is 12.2 Å². The van der Waals surface area contributed by atoms with Crippen LogP contribution in [0, 0.1) is 0 Å². The second kappa shape index (κ2) is 31.4. The molecule has 1 amide bonds. The number of aliphatic hydroxyl groups is 5. The standard InChI is InChI=1S/C40H75NO8/c1-3-5-7-9-11-13-14-15-16-17-18-19-20-22-24-26-28-30-36(44)41-33(34(43)29-27-25-23-21-12-10-8-6-4-2)32-48-40-39(47)38(46)37(45)35(31-42)49-40/h23,25,27,29,33-35,37-40,42-43,45-47H,3-22,24,26,28,30-32H2,1-2H3,(H,41,44)/b25-23+,29-27+/t33-,34+,35+,37+,38?,39?,40+/m0/s1. The van der Waals surface area contributed by atoms with Crippen LogP contribution in [-0.2, 0) is 14.3 Å². The molecule has 9 nitrogen and oxygen atoms in total. The summed E-state index contributed by atoms with van der Waals surface area (Å²) in [7, 11) is 0. The van der Waals surface area contributed by atoms with Crippen molar-refractivity contribution in [2.75, 3.05) is 13.2 Å². The maximum absolute atomic E-state index is 12.8. The zero-order valence-electron chi connectivity index (χ0n) is 31.2. The third-order valence-electron chi connectivity index (χ3n) is 9.58. The predicted octanol–water partition coefficient (Wildman–Crippen LogP) is 7.16. The molecule has 49 heavy (non-hydrogen) atoms. The number of hydrogen-bond donors (Lipinski definition) is 6. The summed E-state index contributed by atoms with van der Waals surface area (Å²) in [6.45, 7) is 3.69. The first-order chi connectivity index (χ1) is 23.8. The van der Waals surface area contributed by atoms with Gasteiger partial charge in [0.15, 0.2) is 6.29 Å². The zero-order chi connectivity index (χ0) is 36.0. The van der Waals surface area contributed by atoms with Crippen LogP contribution in [0.4, 0.5) is 0 Å². The summed E-state index contributed by atoms with van der Waals surface area (Å²) in [6.07, 6.45) is 28.1. The lowest BCUT2D eigenvalue weighted by atomic mass is 9.99. The van der Waals surface area contributed by atoms with E-state index in [1.165, 1.54) is 116 Å². The van der Waals surface area contributed by atoms with E-state index in [-0.39, 0.29) is 12.5 Å². The maximum atomic E-state index is 12.8. The van der Waals surface area contributed by atoms with Gasteiger partial charge in [0.1, 0.15) is 24.4 Å². The SMILES string of the molecule is CCCCCCC/C=C/C=C/[C@@H](O)[C@H](CO[C@@H]1O[C@H](CO)[C@@H](O)C(O)C1O)NC(=O)CCCCCCCCCCCCCCCCCCC. The average molecular weight is 698 g/mol. The second-order valence-corrected chi connectivity index (χ2v) is 14.1. The third-order valence-corrected chi connectivity index (χ3v) is 9.58. The Bertz CT molecular complexity index is 822. The summed E-state index contributed by atoms with van der Waals surface area (Å²) in [4.78, 5) is 12.8. The number of allylic oxidation sites excluding steroid dienone is 3. The molecule has 0 aromatic heterocycles. The van der Waals surface area contributed by atoms with Crippen LogP contribution in [0.2, 0.25) is 0 Å². The molecule has 1 heterocycles. The van der Waals surface area contributed by atoms with E-state index < -0.39 is 49.5 Å². The van der Waals surface area contributed by atoms with E-state index in [9.17, 15) is 30.3 Å². The fraction of sp³-hybridized carbons (Fsp3) is 0.875. The molecule has 1 rings (SSSR count). The van der Waals surface area contributed by atoms with Crippen molar-refractivity contribution in [3.05, 3.63) is 24.3 Å². The van der Waals surface area contributed by atoms with Gasteiger partial charge in [0.05, 0.1) is 25.4 Å². The number of amides is 1. The highest BCUT2D eigenvalue weighted by Gasteiger charge is 2.44. The number of carbonyl (C=O) groups is 1. The van der Waals surface area contributed by atoms with Gasteiger partial charge in [0.2, 0.25) is 5.91 Å². The first-order valence-electron chi connectivity index (χ1n) is 20.1. The Kier molecular flexibility index (Phi) is 29.3. The molecule has 288 valence electrons. The number of rotatable bonds is 32. The molecule has 9 heteroatoms. The summed E-state index contributed by atoms with van der Waals surface area (Å²) in [5, 5.41) is 53.8. The van der Waals surface area contributed by atoms with Crippen molar-refractivity contribution in [3.8, 4) is 0 Å². The van der Waals surface area contributed by atoms with Crippen LogP contribution in [-0.4, -0.2) is 87.5 Å². The molecular formula is C40H75NO8. The molecular weight excluding hydrogens is 622 g/mol. The van der Waals surface area contributed by atoms with E-state index in [0.29, 0.717) is 6.42 Å². The zero-order valence-corrected chi connectivity index (χ0v) is 31.2. The highest BCUT2D eigenvalue weighted by molar-refractivity contribution is 5.76. The molecule has 2 unspecified atom stereocenters. The van der Waals surface area contributed by atoms with E-state index in [1.807, 2.05) is 6.08 Å². The number of hydrogen-bond acceptors (Lipinski definition) is 8. The Morgan fingerprint density at radius 2 is 1.18 bits per heavy atom. The van der Waals surface area contributed by atoms with Gasteiger partial charge < -0.3 is 40.3 Å². The molecule has 1 saturated heterocycles. The average Bonchev–Trinajstić information content (AvgIpc) is 3.10. The smallest absolute Gasteiger partial charge is 0.220 e. The van der Waals surface area contributed by atoms with Crippen molar-refractivity contribution < 1.29 is 39.8 Å². The number of aliphatic hydroxyl groups excluding tert-OH is 5. The first-order valence-corrected chi connectivity index (χ1v) is 20.1. The van der Waals surface area contributed by atoms with Crippen molar-refractivity contribution in [1.29, 1.82) is 0 Å². The monoisotopic (exact) mass is 698 g/mol. The van der Waals surface area contributed by atoms with Crippen LogP contribution in [0.25, 0.3) is 0 Å². The van der Waals surface area contributed by atoms with E-state index in [4.69, 9.17) is 9.47 Å². The van der Waals surface area contributed by atoms with Crippen molar-refractivity contribution in [2.45, 2.75) is 211 Å². The minimum absolute atomic E-state index is 0.196. The van der Waals surface area contributed by atoms with E-state index >= 15 is 0 Å². The lowest BCUT2D eigenvalue weighted by Gasteiger charge is -2.40. The van der Waals surface area contributed by atoms with Crippen LogP contribution in [0.15, 0.2) is 24.3 Å². The van der Waals surface area contributed by atoms with Gasteiger partial charge in [-0.2, -0.15) is 0 Å². The van der Waals surface area contributed by atoms with Crippen LogP contribution in [0.3, 0.4) is 0 Å². The van der Waals surface area contributed by atoms with Crippen LogP contribution in [0.1, 0.15) is 168 Å². The highest BCUT2D eigenvalue weighted by Crippen LogP contribution is 2.22. The molecule has 7 atom stereocenters. The fourth-order valence-electron chi connectivity index (χ4n) is 6.27. The summed E-state index contributed by atoms with van der Waals surface area (Å²) in [5.41, 5.74) is 0. The quantitative estimate of drug-likeness (QED) is 0.0320. The lowest BCUT2D eigenvalue weighted by Crippen LogP contribution is -2.60. The summed E-state index contributed by atoms with van der Waals surface area (Å²) in [6, 6.07) is -0.829. The van der Waals surface area contributed by atoms with E-state index in [2.05, 4.69) is 25.2 Å². The highest BCUT2D eigenvalue weighted by atomic mass is 16.7. The second-order valence-electron chi connectivity index (χ2n) is 14.1. The van der Waals surface area contributed by atoms with Crippen molar-refractivity contribution in [2.24, 2.45) is 0 Å². The largest absolute Gasteiger partial charge is 0.394 e. The number of unbranched alkanes of at least 4 members (excludes halogenated alkanes) is 21. The van der Waals surface area contributed by atoms with Gasteiger partial charge in [-0.3, -0.25) is 4.79 Å². The first kappa shape index (κ1) is 45.7. The Morgan fingerprint density at radius 1 is 0.694 bits per heavy atom. The van der Waals surface area contributed by atoms with Gasteiger partial charge in [0, 0.05) is 6.42 Å². The van der Waals surface area contributed by atoms with Gasteiger partial charge in [-0.05, 0) is 19.3 Å². The molecule has 6 N–H and O–H groups in total. The minimum atomic E-state index is -1.57.